The van der Waals surface area contributed by atoms with E-state index in [4.69, 9.17) is 0 Å². The fraction of sp³-hybridized carbons (Fsp3) is 0.235. The molecule has 0 aliphatic carbocycles. The Bertz CT molecular complexity index is 566. The van der Waals surface area contributed by atoms with Crippen LogP contribution in [0.25, 0.3) is 0 Å². The number of para-hydroxylation sites is 1. The van der Waals surface area contributed by atoms with Crippen molar-refractivity contribution in [2.75, 3.05) is 11.9 Å². The van der Waals surface area contributed by atoms with E-state index in [-0.39, 0.29) is 18.5 Å². The van der Waals surface area contributed by atoms with Crippen molar-refractivity contribution in [2.45, 2.75) is 19.9 Å². The van der Waals surface area contributed by atoms with Crippen LogP contribution in [-0.4, -0.2) is 12.5 Å². The molecule has 2 aromatic rings. The lowest BCUT2D eigenvalue weighted by Gasteiger charge is -2.17. The van der Waals surface area contributed by atoms with E-state index in [1.54, 1.807) is 0 Å². The maximum absolute atomic E-state index is 11.9. The third-order valence-corrected chi connectivity index (χ3v) is 3.26. The second kappa shape index (κ2) is 6.75. The van der Waals surface area contributed by atoms with Gasteiger partial charge in [0.1, 0.15) is 0 Å². The number of carbonyl (C=O) groups is 1. The fourth-order valence-corrected chi connectivity index (χ4v) is 2.18. The number of aryl methyl sites for hydroxylation is 1. The van der Waals surface area contributed by atoms with Gasteiger partial charge in [-0.05, 0) is 37.1 Å². The molecule has 3 nitrogen and oxygen atoms in total. The Morgan fingerprint density at radius 3 is 2.40 bits per heavy atom. The van der Waals surface area contributed by atoms with E-state index in [1.165, 1.54) is 5.56 Å². The summed E-state index contributed by atoms with van der Waals surface area (Å²) in [5.74, 6) is -0.00962. The van der Waals surface area contributed by atoms with Gasteiger partial charge < -0.3 is 10.6 Å². The number of rotatable bonds is 5. The molecule has 1 amide bonds. The summed E-state index contributed by atoms with van der Waals surface area (Å²) < 4.78 is 0. The molecule has 3 heteroatoms. The predicted molar refractivity (Wildman–Crippen MR) is 82.7 cm³/mol. The zero-order valence-electron chi connectivity index (χ0n) is 11.9. The fourth-order valence-electron chi connectivity index (χ4n) is 2.18. The molecule has 0 heterocycles. The van der Waals surface area contributed by atoms with E-state index in [9.17, 15) is 4.79 Å². The lowest BCUT2D eigenvalue weighted by Crippen LogP contribution is -2.32. The van der Waals surface area contributed by atoms with Gasteiger partial charge in [0.15, 0.2) is 0 Å². The van der Waals surface area contributed by atoms with Crippen molar-refractivity contribution in [3.63, 3.8) is 0 Å². The second-order valence-electron chi connectivity index (χ2n) is 4.87. The highest BCUT2D eigenvalue weighted by Gasteiger charge is 2.10. The van der Waals surface area contributed by atoms with Gasteiger partial charge >= 0.3 is 0 Å². The molecule has 2 rings (SSSR count). The molecule has 0 fully saturated rings. The van der Waals surface area contributed by atoms with E-state index in [2.05, 4.69) is 23.6 Å². The molecule has 0 aliphatic heterocycles. The van der Waals surface area contributed by atoms with E-state index in [0.717, 1.165) is 11.3 Å². The Labute approximate surface area is 120 Å². The minimum Gasteiger partial charge on any atom is -0.376 e. The van der Waals surface area contributed by atoms with Crippen molar-refractivity contribution in [1.29, 1.82) is 0 Å². The SMILES string of the molecule is Cc1ccccc1C(C)NC(=O)CNc1ccccc1. The van der Waals surface area contributed by atoms with Crippen molar-refractivity contribution in [2.24, 2.45) is 0 Å². The molecule has 0 aromatic heterocycles. The zero-order valence-corrected chi connectivity index (χ0v) is 11.9. The first-order valence-electron chi connectivity index (χ1n) is 6.80. The molecule has 1 atom stereocenters. The van der Waals surface area contributed by atoms with Gasteiger partial charge in [-0.3, -0.25) is 4.79 Å². The molecule has 0 aliphatic rings. The molecular weight excluding hydrogens is 248 g/mol. The summed E-state index contributed by atoms with van der Waals surface area (Å²) in [6.45, 7) is 4.34. The number of anilines is 1. The smallest absolute Gasteiger partial charge is 0.239 e. The molecule has 20 heavy (non-hydrogen) atoms. The van der Waals surface area contributed by atoms with Gasteiger partial charge in [-0.15, -0.1) is 0 Å². The summed E-state index contributed by atoms with van der Waals surface area (Å²) in [6.07, 6.45) is 0. The monoisotopic (exact) mass is 268 g/mol. The molecular formula is C17H20N2O. The number of hydrogen-bond acceptors (Lipinski definition) is 2. The first kappa shape index (κ1) is 14.1. The first-order chi connectivity index (χ1) is 9.66. The van der Waals surface area contributed by atoms with Crippen LogP contribution in [-0.2, 0) is 4.79 Å². The van der Waals surface area contributed by atoms with Gasteiger partial charge in [-0.25, -0.2) is 0 Å². The molecule has 0 saturated carbocycles. The van der Waals surface area contributed by atoms with Gasteiger partial charge in [0.25, 0.3) is 0 Å². The number of amides is 1. The van der Waals surface area contributed by atoms with E-state index in [0.29, 0.717) is 0 Å². The third-order valence-electron chi connectivity index (χ3n) is 3.26. The zero-order chi connectivity index (χ0) is 14.4. The Morgan fingerprint density at radius 2 is 1.70 bits per heavy atom. The number of carbonyl (C=O) groups excluding carboxylic acids is 1. The first-order valence-corrected chi connectivity index (χ1v) is 6.80. The molecule has 2 aromatic carbocycles. The Morgan fingerprint density at radius 1 is 1.05 bits per heavy atom. The summed E-state index contributed by atoms with van der Waals surface area (Å²) >= 11 is 0. The summed E-state index contributed by atoms with van der Waals surface area (Å²) in [4.78, 5) is 11.9. The summed E-state index contributed by atoms with van der Waals surface area (Å²) in [5.41, 5.74) is 3.29. The Hall–Kier alpha value is -2.29. The highest BCUT2D eigenvalue weighted by molar-refractivity contribution is 5.81. The molecule has 0 saturated heterocycles. The van der Waals surface area contributed by atoms with Crippen molar-refractivity contribution < 1.29 is 4.79 Å². The Kier molecular flexibility index (Phi) is 4.77. The lowest BCUT2D eigenvalue weighted by atomic mass is 10.0. The maximum Gasteiger partial charge on any atom is 0.239 e. The predicted octanol–water partition coefficient (Wildman–Crippen LogP) is 3.28. The van der Waals surface area contributed by atoms with Gasteiger partial charge in [0.2, 0.25) is 5.91 Å². The standard InChI is InChI=1S/C17H20N2O/c1-13-8-6-7-11-16(13)14(2)19-17(20)12-18-15-9-4-3-5-10-15/h3-11,14,18H,12H2,1-2H3,(H,19,20). The maximum atomic E-state index is 11.9. The van der Waals surface area contributed by atoms with Gasteiger partial charge in [-0.2, -0.15) is 0 Å². The van der Waals surface area contributed by atoms with Crippen LogP contribution in [0.15, 0.2) is 54.6 Å². The van der Waals surface area contributed by atoms with Crippen LogP contribution in [0, 0.1) is 6.92 Å². The van der Waals surface area contributed by atoms with Crippen LogP contribution in [0.4, 0.5) is 5.69 Å². The van der Waals surface area contributed by atoms with E-state index < -0.39 is 0 Å². The molecule has 0 radical (unpaired) electrons. The Balaban J connectivity index is 1.87. The highest BCUT2D eigenvalue weighted by atomic mass is 16.1. The van der Waals surface area contributed by atoms with Crippen molar-refractivity contribution >= 4 is 11.6 Å². The topological polar surface area (TPSA) is 41.1 Å². The van der Waals surface area contributed by atoms with Crippen LogP contribution < -0.4 is 10.6 Å². The lowest BCUT2D eigenvalue weighted by molar-refractivity contribution is -0.120. The van der Waals surface area contributed by atoms with Crippen LogP contribution in [0.1, 0.15) is 24.1 Å². The normalized spacial score (nSPS) is 11.7. The van der Waals surface area contributed by atoms with Gasteiger partial charge in [0, 0.05) is 5.69 Å². The number of nitrogens with one attached hydrogen (secondary N) is 2. The molecule has 0 bridgehead atoms. The van der Waals surface area contributed by atoms with Crippen LogP contribution in [0.3, 0.4) is 0 Å². The minimum atomic E-state index is -0.00962. The minimum absolute atomic E-state index is 0.00962. The average molecular weight is 268 g/mol. The van der Waals surface area contributed by atoms with Crippen LogP contribution in [0.5, 0.6) is 0 Å². The molecule has 2 N–H and O–H groups in total. The summed E-state index contributed by atoms with van der Waals surface area (Å²) in [7, 11) is 0. The van der Waals surface area contributed by atoms with Crippen molar-refractivity contribution in [3.8, 4) is 0 Å². The molecule has 0 spiro atoms. The second-order valence-corrected chi connectivity index (χ2v) is 4.87. The van der Waals surface area contributed by atoms with E-state index in [1.807, 2.05) is 55.5 Å². The molecule has 1 unspecified atom stereocenters. The number of hydrogen-bond donors (Lipinski definition) is 2. The van der Waals surface area contributed by atoms with Crippen LogP contribution >= 0.6 is 0 Å². The van der Waals surface area contributed by atoms with Crippen molar-refractivity contribution in [1.82, 2.24) is 5.32 Å². The van der Waals surface area contributed by atoms with Crippen molar-refractivity contribution in [3.05, 3.63) is 65.7 Å². The summed E-state index contributed by atoms with van der Waals surface area (Å²) in [6, 6.07) is 17.8. The van der Waals surface area contributed by atoms with Gasteiger partial charge in [0.05, 0.1) is 12.6 Å². The quantitative estimate of drug-likeness (QED) is 0.873. The van der Waals surface area contributed by atoms with Gasteiger partial charge in [-0.1, -0.05) is 42.5 Å². The molecule has 104 valence electrons. The van der Waals surface area contributed by atoms with Crippen LogP contribution in [0.2, 0.25) is 0 Å². The third kappa shape index (κ3) is 3.85. The summed E-state index contributed by atoms with van der Waals surface area (Å²) in [5, 5.41) is 6.11. The average Bonchev–Trinajstić information content (AvgIpc) is 2.46. The largest absolute Gasteiger partial charge is 0.376 e. The highest BCUT2D eigenvalue weighted by Crippen LogP contribution is 2.16. The number of benzene rings is 2. The van der Waals surface area contributed by atoms with E-state index >= 15 is 0 Å².